The van der Waals surface area contributed by atoms with Crippen molar-refractivity contribution >= 4 is 17.3 Å². The number of fused-ring (bicyclic) bond motifs is 1. The second kappa shape index (κ2) is 10.8. The molecule has 0 aromatic heterocycles. The lowest BCUT2D eigenvalue weighted by Gasteiger charge is -2.27. The first kappa shape index (κ1) is 22.6. The van der Waals surface area contributed by atoms with Crippen molar-refractivity contribution in [3.8, 4) is 11.5 Å². The van der Waals surface area contributed by atoms with Gasteiger partial charge in [-0.15, -0.1) is 6.58 Å². The number of halogens is 1. The maximum absolute atomic E-state index is 10.5. The highest BCUT2D eigenvalue weighted by Crippen LogP contribution is 2.33. The molecule has 0 spiro atoms. The Morgan fingerprint density at radius 2 is 2.09 bits per heavy atom. The lowest BCUT2D eigenvalue weighted by Crippen LogP contribution is -2.39. The number of hydrogen-bond acceptors (Lipinski definition) is 7. The fraction of sp³-hybridized carbons (Fsp3) is 0.375. The van der Waals surface area contributed by atoms with Crippen LogP contribution in [0.4, 0.5) is 0 Å². The molecule has 7 nitrogen and oxygen atoms in total. The lowest BCUT2D eigenvalue weighted by molar-refractivity contribution is 0.00337. The molecule has 0 fully saturated rings. The number of nitrogens with zero attached hydrogens (tertiary/aromatic N) is 2. The minimum atomic E-state index is -0.645. The number of ether oxygens (including phenoxy) is 3. The topological polar surface area (TPSA) is 72.8 Å². The van der Waals surface area contributed by atoms with Gasteiger partial charge in [-0.25, -0.2) is 0 Å². The van der Waals surface area contributed by atoms with Gasteiger partial charge >= 0.3 is 0 Å². The van der Waals surface area contributed by atoms with Crippen LogP contribution in [0.15, 0.2) is 60.3 Å². The molecule has 0 saturated heterocycles. The molecular formula is C24H27ClN2O5. The third-order valence-corrected chi connectivity index (χ3v) is 5.64. The largest absolute Gasteiger partial charge is 0.454 e. The SMILES string of the molecule is C=CCOC[C@H](O)CN(Cc1ccccc1Cl)C[C@@H]1CC(c2ccc3c(c2)OCO3)=NO1. The van der Waals surface area contributed by atoms with Crippen LogP contribution >= 0.6 is 11.6 Å². The normalized spacial score (nSPS) is 17.8. The molecule has 0 bridgehead atoms. The zero-order valence-corrected chi connectivity index (χ0v) is 18.5. The van der Waals surface area contributed by atoms with E-state index in [-0.39, 0.29) is 19.5 Å². The van der Waals surface area contributed by atoms with Gasteiger partial charge in [0.1, 0.15) is 6.10 Å². The average molecular weight is 459 g/mol. The number of aliphatic hydroxyl groups is 1. The van der Waals surface area contributed by atoms with Crippen LogP contribution in [0.2, 0.25) is 5.02 Å². The number of hydrogen-bond donors (Lipinski definition) is 1. The standard InChI is InChI=1S/C24H27ClN2O5/c1-2-9-29-15-19(28)13-27(12-18-5-3-4-6-21(18)25)14-20-11-22(26-32-20)17-7-8-23-24(10-17)31-16-30-23/h2-8,10,19-20,28H,1,9,11-16H2/t19-,20+/m1/s1. The van der Waals surface area contributed by atoms with Crippen molar-refractivity contribution in [1.82, 2.24) is 4.90 Å². The quantitative estimate of drug-likeness (QED) is 0.409. The van der Waals surface area contributed by atoms with Gasteiger partial charge in [-0.3, -0.25) is 4.90 Å². The Balaban J connectivity index is 1.39. The van der Waals surface area contributed by atoms with Gasteiger partial charge in [-0.05, 0) is 29.8 Å². The second-order valence-corrected chi connectivity index (χ2v) is 8.21. The van der Waals surface area contributed by atoms with Crippen LogP contribution in [0, 0.1) is 0 Å². The van der Waals surface area contributed by atoms with Gasteiger partial charge in [0.05, 0.1) is 25.0 Å². The van der Waals surface area contributed by atoms with Gasteiger partial charge in [0.2, 0.25) is 6.79 Å². The van der Waals surface area contributed by atoms with E-state index in [9.17, 15) is 5.11 Å². The molecule has 2 aromatic rings. The summed E-state index contributed by atoms with van der Waals surface area (Å²) in [6.07, 6.45) is 1.53. The Hall–Kier alpha value is -2.58. The first-order chi connectivity index (χ1) is 15.6. The van der Waals surface area contributed by atoms with Crippen LogP contribution in [0.5, 0.6) is 11.5 Å². The minimum absolute atomic E-state index is 0.140. The summed E-state index contributed by atoms with van der Waals surface area (Å²) >= 11 is 6.37. The third-order valence-electron chi connectivity index (χ3n) is 5.27. The van der Waals surface area contributed by atoms with Gasteiger partial charge in [-0.2, -0.15) is 0 Å². The molecule has 170 valence electrons. The summed E-state index contributed by atoms with van der Waals surface area (Å²) in [5, 5.41) is 15.5. The highest BCUT2D eigenvalue weighted by atomic mass is 35.5. The molecule has 1 N–H and O–H groups in total. The second-order valence-electron chi connectivity index (χ2n) is 7.80. The molecule has 2 heterocycles. The summed E-state index contributed by atoms with van der Waals surface area (Å²) in [6, 6.07) is 13.5. The predicted molar refractivity (Wildman–Crippen MR) is 122 cm³/mol. The Kier molecular flexibility index (Phi) is 7.65. The molecule has 2 aromatic carbocycles. The van der Waals surface area contributed by atoms with E-state index in [2.05, 4.69) is 16.6 Å². The van der Waals surface area contributed by atoms with E-state index in [1.807, 2.05) is 42.5 Å². The van der Waals surface area contributed by atoms with Crippen LogP contribution in [-0.2, 0) is 16.1 Å². The smallest absolute Gasteiger partial charge is 0.231 e. The Labute approximate surface area is 192 Å². The van der Waals surface area contributed by atoms with Gasteiger partial charge in [0.15, 0.2) is 11.5 Å². The molecule has 0 saturated carbocycles. The average Bonchev–Trinajstić information content (AvgIpc) is 3.44. The third kappa shape index (κ3) is 5.81. The molecule has 0 radical (unpaired) electrons. The fourth-order valence-corrected chi connectivity index (χ4v) is 3.97. The maximum Gasteiger partial charge on any atom is 0.231 e. The number of oxime groups is 1. The summed E-state index contributed by atoms with van der Waals surface area (Å²) in [5.74, 6) is 1.46. The summed E-state index contributed by atoms with van der Waals surface area (Å²) < 4.78 is 16.2. The summed E-state index contributed by atoms with van der Waals surface area (Å²) in [5.41, 5.74) is 2.80. The van der Waals surface area contributed by atoms with Crippen LogP contribution in [0.1, 0.15) is 17.5 Å². The van der Waals surface area contributed by atoms with Crippen molar-refractivity contribution in [3.05, 3.63) is 71.3 Å². The fourth-order valence-electron chi connectivity index (χ4n) is 3.77. The van der Waals surface area contributed by atoms with Crippen molar-refractivity contribution < 1.29 is 24.2 Å². The molecule has 8 heteroatoms. The molecule has 32 heavy (non-hydrogen) atoms. The van der Waals surface area contributed by atoms with Gasteiger partial charge in [0.25, 0.3) is 0 Å². The van der Waals surface area contributed by atoms with E-state index in [0.717, 1.165) is 28.3 Å². The molecule has 2 atom stereocenters. The molecule has 0 unspecified atom stereocenters. The van der Waals surface area contributed by atoms with Crippen molar-refractivity contribution in [1.29, 1.82) is 0 Å². The first-order valence-electron chi connectivity index (χ1n) is 10.6. The molecular weight excluding hydrogens is 432 g/mol. The molecule has 0 aliphatic carbocycles. The number of benzene rings is 2. The zero-order valence-electron chi connectivity index (χ0n) is 17.8. The van der Waals surface area contributed by atoms with Crippen molar-refractivity contribution in [2.75, 3.05) is 33.1 Å². The monoisotopic (exact) mass is 458 g/mol. The Bertz CT molecular complexity index is 967. The highest BCUT2D eigenvalue weighted by molar-refractivity contribution is 6.31. The van der Waals surface area contributed by atoms with Crippen molar-refractivity contribution in [3.63, 3.8) is 0 Å². The molecule has 4 rings (SSSR count). The van der Waals surface area contributed by atoms with Gasteiger partial charge in [0, 0.05) is 36.6 Å². The van der Waals surface area contributed by atoms with E-state index >= 15 is 0 Å². The van der Waals surface area contributed by atoms with Crippen LogP contribution in [0.3, 0.4) is 0 Å². The molecule has 0 amide bonds. The summed E-state index contributed by atoms with van der Waals surface area (Å²) in [7, 11) is 0. The van der Waals surface area contributed by atoms with Crippen LogP contribution < -0.4 is 9.47 Å². The first-order valence-corrected chi connectivity index (χ1v) is 11.0. The summed E-state index contributed by atoms with van der Waals surface area (Å²) in [4.78, 5) is 7.85. The Morgan fingerprint density at radius 3 is 2.94 bits per heavy atom. The Morgan fingerprint density at radius 1 is 1.25 bits per heavy atom. The maximum atomic E-state index is 10.5. The van der Waals surface area contributed by atoms with E-state index in [1.165, 1.54) is 0 Å². The minimum Gasteiger partial charge on any atom is -0.454 e. The van der Waals surface area contributed by atoms with Crippen molar-refractivity contribution in [2.45, 2.75) is 25.2 Å². The molecule has 2 aliphatic rings. The van der Waals surface area contributed by atoms with Gasteiger partial charge in [-0.1, -0.05) is 41.0 Å². The van der Waals surface area contributed by atoms with Crippen molar-refractivity contribution in [2.24, 2.45) is 5.16 Å². The molecule has 2 aliphatic heterocycles. The van der Waals surface area contributed by atoms with E-state index in [0.29, 0.717) is 37.7 Å². The highest BCUT2D eigenvalue weighted by Gasteiger charge is 2.27. The summed E-state index contributed by atoms with van der Waals surface area (Å²) in [6.45, 7) is 6.08. The predicted octanol–water partition coefficient (Wildman–Crippen LogP) is 3.63. The number of aliphatic hydroxyl groups excluding tert-OH is 1. The van der Waals surface area contributed by atoms with Crippen LogP contribution in [0.25, 0.3) is 0 Å². The lowest BCUT2D eigenvalue weighted by atomic mass is 10.0. The van der Waals surface area contributed by atoms with Crippen LogP contribution in [-0.4, -0.2) is 61.0 Å². The van der Waals surface area contributed by atoms with E-state index < -0.39 is 6.10 Å². The zero-order chi connectivity index (χ0) is 22.3. The van der Waals surface area contributed by atoms with E-state index in [4.69, 9.17) is 30.6 Å². The van der Waals surface area contributed by atoms with Gasteiger partial charge < -0.3 is 24.2 Å². The van der Waals surface area contributed by atoms with E-state index in [1.54, 1.807) is 6.08 Å². The number of rotatable bonds is 11.